The van der Waals surface area contributed by atoms with Crippen molar-refractivity contribution >= 4 is 40.7 Å². The minimum absolute atomic E-state index is 0.0247. The van der Waals surface area contributed by atoms with Crippen molar-refractivity contribution < 1.29 is 14.5 Å². The highest BCUT2D eigenvalue weighted by Crippen LogP contribution is 2.25. The van der Waals surface area contributed by atoms with Crippen molar-refractivity contribution in [3.8, 4) is 5.75 Å². The van der Waals surface area contributed by atoms with E-state index in [0.29, 0.717) is 4.34 Å². The number of rotatable bonds is 6. The van der Waals surface area contributed by atoms with Gasteiger partial charge in [0.1, 0.15) is 0 Å². The number of nitrogens with one attached hydrogen (secondary N) is 1. The average Bonchev–Trinajstić information content (AvgIpc) is 2.91. The maximum atomic E-state index is 11.6. The zero-order valence-electron chi connectivity index (χ0n) is 11.1. The Balaban J connectivity index is 1.85. The van der Waals surface area contributed by atoms with Gasteiger partial charge in [-0.2, -0.15) is 5.10 Å². The first-order valence-electron chi connectivity index (χ1n) is 5.99. The fourth-order valence-corrected chi connectivity index (χ4v) is 2.40. The Hall–Kier alpha value is -2.45. The highest BCUT2D eigenvalue weighted by atomic mass is 35.5. The number of ether oxygens (including phenoxy) is 1. The molecule has 0 saturated carbocycles. The number of nitro benzene ring substituents is 1. The molecule has 2 aromatic rings. The van der Waals surface area contributed by atoms with Crippen LogP contribution in [0.2, 0.25) is 4.34 Å². The molecule has 0 saturated heterocycles. The van der Waals surface area contributed by atoms with Gasteiger partial charge < -0.3 is 4.74 Å². The van der Waals surface area contributed by atoms with Gasteiger partial charge in [-0.3, -0.25) is 14.9 Å². The first kappa shape index (κ1) is 15.9. The third-order valence-corrected chi connectivity index (χ3v) is 3.56. The second kappa shape index (κ2) is 7.53. The second-order valence-corrected chi connectivity index (χ2v) is 5.70. The van der Waals surface area contributed by atoms with E-state index >= 15 is 0 Å². The van der Waals surface area contributed by atoms with Gasteiger partial charge in [0.25, 0.3) is 5.91 Å². The molecule has 2 rings (SSSR count). The molecule has 0 atom stereocenters. The third kappa shape index (κ3) is 4.54. The SMILES string of the molecule is O=C(COc1ccccc1[N+](=O)[O-])N/N=C/c1ccc(Cl)s1. The van der Waals surface area contributed by atoms with E-state index in [1.54, 1.807) is 18.2 Å². The van der Waals surface area contributed by atoms with Crippen molar-refractivity contribution in [1.29, 1.82) is 0 Å². The smallest absolute Gasteiger partial charge is 0.310 e. The molecule has 1 amide bonds. The Labute approximate surface area is 134 Å². The number of benzene rings is 1. The summed E-state index contributed by atoms with van der Waals surface area (Å²) >= 11 is 7.07. The van der Waals surface area contributed by atoms with Crippen molar-refractivity contribution in [2.45, 2.75) is 0 Å². The molecule has 1 aromatic carbocycles. The molecule has 114 valence electrons. The van der Waals surface area contributed by atoms with Crippen LogP contribution in [0.5, 0.6) is 5.75 Å². The molecule has 22 heavy (non-hydrogen) atoms. The quantitative estimate of drug-likeness (QED) is 0.497. The molecule has 0 unspecified atom stereocenters. The molecule has 7 nitrogen and oxygen atoms in total. The average molecular weight is 340 g/mol. The van der Waals surface area contributed by atoms with Gasteiger partial charge in [0.2, 0.25) is 0 Å². The zero-order chi connectivity index (χ0) is 15.9. The molecule has 0 fully saturated rings. The Morgan fingerprint density at radius 2 is 2.18 bits per heavy atom. The lowest BCUT2D eigenvalue weighted by Gasteiger charge is -2.05. The number of carbonyl (C=O) groups excluding carboxylic acids is 1. The summed E-state index contributed by atoms with van der Waals surface area (Å²) in [6.07, 6.45) is 1.44. The van der Waals surface area contributed by atoms with Crippen LogP contribution in [0.1, 0.15) is 4.88 Å². The Bertz CT molecular complexity index is 717. The summed E-state index contributed by atoms with van der Waals surface area (Å²) < 4.78 is 5.74. The van der Waals surface area contributed by atoms with Gasteiger partial charge in [-0.05, 0) is 18.2 Å². The van der Waals surface area contributed by atoms with Crippen LogP contribution in [0.25, 0.3) is 0 Å². The molecule has 1 aromatic heterocycles. The van der Waals surface area contributed by atoms with E-state index in [1.165, 1.54) is 35.8 Å². The first-order valence-corrected chi connectivity index (χ1v) is 7.19. The molecular formula is C13H10ClN3O4S. The van der Waals surface area contributed by atoms with Crippen LogP contribution in [0.4, 0.5) is 5.69 Å². The monoisotopic (exact) mass is 339 g/mol. The molecular weight excluding hydrogens is 330 g/mol. The lowest BCUT2D eigenvalue weighted by Crippen LogP contribution is -2.24. The van der Waals surface area contributed by atoms with Gasteiger partial charge in [0, 0.05) is 10.9 Å². The van der Waals surface area contributed by atoms with E-state index in [-0.39, 0.29) is 18.0 Å². The van der Waals surface area contributed by atoms with Crippen LogP contribution in [0.15, 0.2) is 41.5 Å². The molecule has 9 heteroatoms. The molecule has 0 aliphatic rings. The molecule has 0 spiro atoms. The third-order valence-electron chi connectivity index (χ3n) is 2.40. The maximum Gasteiger partial charge on any atom is 0.310 e. The van der Waals surface area contributed by atoms with Crippen LogP contribution in [0.3, 0.4) is 0 Å². The van der Waals surface area contributed by atoms with E-state index in [9.17, 15) is 14.9 Å². The summed E-state index contributed by atoms with van der Waals surface area (Å²) in [5.74, 6) is -0.506. The number of hydrazone groups is 1. The van der Waals surface area contributed by atoms with Crippen LogP contribution in [0, 0.1) is 10.1 Å². The summed E-state index contributed by atoms with van der Waals surface area (Å²) in [5.41, 5.74) is 2.06. The van der Waals surface area contributed by atoms with Crippen LogP contribution in [-0.4, -0.2) is 23.7 Å². The van der Waals surface area contributed by atoms with Crippen molar-refractivity contribution in [3.63, 3.8) is 0 Å². The van der Waals surface area contributed by atoms with Crippen molar-refractivity contribution in [3.05, 3.63) is 55.7 Å². The van der Waals surface area contributed by atoms with E-state index < -0.39 is 10.8 Å². The summed E-state index contributed by atoms with van der Waals surface area (Å²) in [6.45, 7) is -0.382. The van der Waals surface area contributed by atoms with E-state index in [4.69, 9.17) is 16.3 Å². The van der Waals surface area contributed by atoms with Crippen molar-refractivity contribution in [1.82, 2.24) is 5.43 Å². The number of carbonyl (C=O) groups is 1. The predicted molar refractivity (Wildman–Crippen MR) is 83.7 cm³/mol. The van der Waals surface area contributed by atoms with Gasteiger partial charge in [-0.25, -0.2) is 5.43 Å². The number of nitrogens with zero attached hydrogens (tertiary/aromatic N) is 2. The maximum absolute atomic E-state index is 11.6. The topological polar surface area (TPSA) is 93.8 Å². The summed E-state index contributed by atoms with van der Waals surface area (Å²) in [5, 5.41) is 14.5. The number of halogens is 1. The first-order chi connectivity index (χ1) is 10.6. The van der Waals surface area contributed by atoms with Crippen LogP contribution >= 0.6 is 22.9 Å². The molecule has 0 bridgehead atoms. The van der Waals surface area contributed by atoms with E-state index in [2.05, 4.69) is 10.5 Å². The standard InChI is InChI=1S/C13H10ClN3O4S/c14-12-6-5-9(22-12)7-15-16-13(18)8-21-11-4-2-1-3-10(11)17(19)20/h1-7H,8H2,(H,16,18)/b15-7+. The van der Waals surface area contributed by atoms with Crippen LogP contribution < -0.4 is 10.2 Å². The molecule has 0 radical (unpaired) electrons. The molecule has 1 N–H and O–H groups in total. The number of hydrogen-bond donors (Lipinski definition) is 1. The highest BCUT2D eigenvalue weighted by Gasteiger charge is 2.14. The van der Waals surface area contributed by atoms with Gasteiger partial charge in [-0.15, -0.1) is 11.3 Å². The van der Waals surface area contributed by atoms with Crippen molar-refractivity contribution in [2.75, 3.05) is 6.61 Å². The summed E-state index contributed by atoms with van der Waals surface area (Å²) in [4.78, 5) is 22.5. The van der Waals surface area contributed by atoms with Crippen LogP contribution in [-0.2, 0) is 4.79 Å². The molecule has 1 heterocycles. The largest absolute Gasteiger partial charge is 0.477 e. The zero-order valence-corrected chi connectivity index (χ0v) is 12.6. The van der Waals surface area contributed by atoms with Gasteiger partial charge >= 0.3 is 5.69 Å². The molecule has 0 aliphatic heterocycles. The fraction of sp³-hybridized carbons (Fsp3) is 0.0769. The fourth-order valence-electron chi connectivity index (χ4n) is 1.47. The number of amides is 1. The molecule has 0 aliphatic carbocycles. The Kier molecular flexibility index (Phi) is 5.45. The second-order valence-electron chi connectivity index (χ2n) is 3.95. The Morgan fingerprint density at radius 3 is 2.86 bits per heavy atom. The Morgan fingerprint density at radius 1 is 1.41 bits per heavy atom. The number of para-hydroxylation sites is 2. The number of hydrogen-bond acceptors (Lipinski definition) is 6. The predicted octanol–water partition coefficient (Wildman–Crippen LogP) is 2.84. The van der Waals surface area contributed by atoms with E-state index in [1.807, 2.05) is 0 Å². The number of nitro groups is 1. The minimum atomic E-state index is -0.577. The van der Waals surface area contributed by atoms with Crippen molar-refractivity contribution in [2.24, 2.45) is 5.10 Å². The lowest BCUT2D eigenvalue weighted by atomic mass is 10.3. The summed E-state index contributed by atoms with van der Waals surface area (Å²) in [7, 11) is 0. The van der Waals surface area contributed by atoms with Gasteiger partial charge in [-0.1, -0.05) is 23.7 Å². The van der Waals surface area contributed by atoms with Gasteiger partial charge in [0.15, 0.2) is 12.4 Å². The lowest BCUT2D eigenvalue weighted by molar-refractivity contribution is -0.385. The normalized spacial score (nSPS) is 10.6. The van der Waals surface area contributed by atoms with Gasteiger partial charge in [0.05, 0.1) is 15.5 Å². The summed E-state index contributed by atoms with van der Waals surface area (Å²) in [6, 6.07) is 9.29. The number of thiophene rings is 1. The highest BCUT2D eigenvalue weighted by molar-refractivity contribution is 7.17. The minimum Gasteiger partial charge on any atom is -0.477 e. The van der Waals surface area contributed by atoms with E-state index in [0.717, 1.165) is 4.88 Å².